The molecule has 1 atom stereocenters. The van der Waals surface area contributed by atoms with Crippen molar-refractivity contribution >= 4 is 60.2 Å². The first-order chi connectivity index (χ1) is 26.2. The van der Waals surface area contributed by atoms with E-state index < -0.39 is 42.3 Å². The van der Waals surface area contributed by atoms with Crippen molar-refractivity contribution in [1.29, 1.82) is 0 Å². The van der Waals surface area contributed by atoms with Crippen LogP contribution in [0.15, 0.2) is 95.4 Å². The molecular formula is C43H47N2NaO9S2. The summed E-state index contributed by atoms with van der Waals surface area (Å²) in [5.41, 5.74) is 7.39. The molecule has 14 heteroatoms. The summed E-state index contributed by atoms with van der Waals surface area (Å²) in [6.45, 7) is 13.4. The van der Waals surface area contributed by atoms with Crippen LogP contribution in [0.5, 0.6) is 5.75 Å². The number of anilines is 1. The molecule has 11 nitrogen and oxygen atoms in total. The van der Waals surface area contributed by atoms with Crippen LogP contribution in [0, 0.1) is 0 Å². The van der Waals surface area contributed by atoms with Crippen LogP contribution < -0.4 is 39.2 Å². The van der Waals surface area contributed by atoms with Gasteiger partial charge in [-0.15, -0.1) is 0 Å². The van der Waals surface area contributed by atoms with Gasteiger partial charge in [-0.3, -0.25) is 4.79 Å². The molecule has 0 saturated heterocycles. The molecule has 0 spiro atoms. The van der Waals surface area contributed by atoms with Crippen molar-refractivity contribution in [2.24, 2.45) is 0 Å². The largest absolute Gasteiger partial charge is 1.00 e. The van der Waals surface area contributed by atoms with Gasteiger partial charge in [-0.2, -0.15) is 4.58 Å². The molecule has 0 aliphatic carbocycles. The normalized spacial score (nSPS) is 19.5. The predicted octanol–water partition coefficient (Wildman–Crippen LogP) is 4.63. The second-order valence-corrected chi connectivity index (χ2v) is 18.2. The Morgan fingerprint density at radius 1 is 0.965 bits per heavy atom. The summed E-state index contributed by atoms with van der Waals surface area (Å²) in [7, 11) is -9.37. The van der Waals surface area contributed by atoms with Crippen molar-refractivity contribution < 1.29 is 74.7 Å². The maximum atomic E-state index is 12.2. The topological polar surface area (TPSA) is 167 Å². The molecule has 0 fully saturated rings. The second-order valence-electron chi connectivity index (χ2n) is 15.3. The summed E-state index contributed by atoms with van der Waals surface area (Å²) in [5, 5.41) is 9.50. The van der Waals surface area contributed by atoms with E-state index in [2.05, 4.69) is 50.8 Å². The van der Waals surface area contributed by atoms with Gasteiger partial charge < -0.3 is 23.8 Å². The Morgan fingerprint density at radius 2 is 1.67 bits per heavy atom. The Morgan fingerprint density at radius 3 is 2.30 bits per heavy atom. The summed E-state index contributed by atoms with van der Waals surface area (Å²) in [6.07, 6.45) is 8.33. The summed E-state index contributed by atoms with van der Waals surface area (Å²) in [5.74, 6) is -0.205. The number of aliphatic carboxylic acids is 1. The quantitative estimate of drug-likeness (QED) is 0.146. The molecule has 1 unspecified atom stereocenters. The molecule has 296 valence electrons. The average molecular weight is 823 g/mol. The average Bonchev–Trinajstić information content (AvgIpc) is 3.33. The Labute approximate surface area is 357 Å². The molecule has 3 aliphatic rings. The number of carboxylic acids is 1. The zero-order chi connectivity index (χ0) is 40.8. The molecule has 6 rings (SSSR count). The fraction of sp³-hybridized carbons (Fsp3) is 0.349. The molecule has 3 aromatic carbocycles. The molecule has 3 aliphatic heterocycles. The third kappa shape index (κ3) is 9.10. The number of carbonyl (C=O) groups is 1. The maximum absolute atomic E-state index is 12.2. The van der Waals surface area contributed by atoms with Crippen molar-refractivity contribution in [3.05, 3.63) is 113 Å². The van der Waals surface area contributed by atoms with Gasteiger partial charge in [0.1, 0.15) is 28.2 Å². The van der Waals surface area contributed by atoms with Crippen LogP contribution in [0.1, 0.15) is 89.5 Å². The molecule has 1 N–H and O–H groups in total. The number of likely N-dealkylation sites (N-methyl/N-ethyl adjacent to an activating group) is 1. The van der Waals surface area contributed by atoms with Gasteiger partial charge in [0.25, 0.3) is 0 Å². The van der Waals surface area contributed by atoms with Gasteiger partial charge in [-0.25, -0.2) is 16.8 Å². The van der Waals surface area contributed by atoms with Gasteiger partial charge in [0, 0.05) is 76.9 Å². The fourth-order valence-electron chi connectivity index (χ4n) is 8.49. The van der Waals surface area contributed by atoms with Crippen molar-refractivity contribution in [2.75, 3.05) is 23.7 Å². The number of ether oxygens (including phenoxy) is 1. The van der Waals surface area contributed by atoms with E-state index in [1.807, 2.05) is 67.0 Å². The van der Waals surface area contributed by atoms with E-state index in [9.17, 15) is 35.8 Å². The minimum absolute atomic E-state index is 0. The minimum Gasteiger partial charge on any atom is -0.748 e. The molecular weight excluding hydrogens is 776 g/mol. The van der Waals surface area contributed by atoms with Crippen LogP contribution in [-0.4, -0.2) is 71.7 Å². The van der Waals surface area contributed by atoms with Crippen LogP contribution >= 0.6 is 0 Å². The van der Waals surface area contributed by atoms with Crippen molar-refractivity contribution in [3.8, 4) is 5.75 Å². The first kappa shape index (κ1) is 44.3. The van der Waals surface area contributed by atoms with Crippen molar-refractivity contribution in [1.82, 2.24) is 0 Å². The molecule has 57 heavy (non-hydrogen) atoms. The van der Waals surface area contributed by atoms with Crippen LogP contribution in [0.4, 0.5) is 11.4 Å². The first-order valence-electron chi connectivity index (χ1n) is 18.6. The Balaban J connectivity index is 0.00000620. The molecule has 0 aromatic heterocycles. The Bertz CT molecular complexity index is 2490. The number of rotatable bonds is 13. The van der Waals surface area contributed by atoms with Crippen LogP contribution in [0.3, 0.4) is 0 Å². The summed E-state index contributed by atoms with van der Waals surface area (Å²) >= 11 is 0. The number of allylic oxidation sites excluding steroid dienone is 6. The van der Waals surface area contributed by atoms with Gasteiger partial charge in [0.2, 0.25) is 5.69 Å². The van der Waals surface area contributed by atoms with E-state index in [-0.39, 0.29) is 67.3 Å². The van der Waals surface area contributed by atoms with E-state index in [4.69, 9.17) is 4.74 Å². The Kier molecular flexibility index (Phi) is 13.1. The standard InChI is InChI=1S/C43H48N2O9S2.Na/c1-7-45-37-26-38-34(25-33(37)28(2)27-42(45,4)5)32(29(3)41(54-38)30-14-9-8-10-15-30)16-11-17-39-43(6,21-12-18-40(46)47)35-24-31(56(51,52)53)19-20-36(35)44(39)22-13-23-55(48,49)50;/h8-11,14-17,19-20,24-27H,7,12-13,18,21-23H2,1-6H3,(H2-,46,47,48,49,50,51,52,53);/q;+1/p-1. The van der Waals surface area contributed by atoms with Crippen molar-refractivity contribution in [2.45, 2.75) is 83.1 Å². The van der Waals surface area contributed by atoms with E-state index in [1.165, 1.54) is 18.2 Å². The Hall–Kier alpha value is -3.82. The SMILES string of the molecule is CCN1c2cc3c(cc2C(C)=CC1(C)C)/C(=C/C=C/C1=[N+](CCCS(=O)(=O)[O-])c2ccc(S(=O)(=O)[O-])cc2C1(C)CCCC(=O)O)C(C)=C(c1ccccc1)O3.[Na+]. The number of carboxylic acid groups (broad SMARTS) is 1. The number of benzene rings is 3. The van der Waals surface area contributed by atoms with Crippen LogP contribution in [0.2, 0.25) is 0 Å². The van der Waals surface area contributed by atoms with Crippen LogP contribution in [0.25, 0.3) is 16.9 Å². The summed E-state index contributed by atoms with van der Waals surface area (Å²) in [4.78, 5) is 13.5. The molecule has 0 bridgehead atoms. The second kappa shape index (κ2) is 16.8. The molecule has 0 amide bonds. The fourth-order valence-corrected chi connectivity index (χ4v) is 9.47. The number of hydrogen-bond acceptors (Lipinski definition) is 9. The first-order valence-corrected chi connectivity index (χ1v) is 21.6. The minimum atomic E-state index is -4.84. The van der Waals surface area contributed by atoms with E-state index in [0.29, 0.717) is 28.5 Å². The maximum Gasteiger partial charge on any atom is 1.00 e. The smallest absolute Gasteiger partial charge is 0.748 e. The summed E-state index contributed by atoms with van der Waals surface area (Å²) in [6, 6.07) is 18.1. The van der Waals surface area contributed by atoms with Crippen molar-refractivity contribution in [3.63, 3.8) is 0 Å². The number of fused-ring (bicyclic) bond motifs is 3. The van der Waals surface area contributed by atoms with Gasteiger partial charge in [0.05, 0.1) is 26.0 Å². The zero-order valence-electron chi connectivity index (χ0n) is 33.5. The molecule has 3 heterocycles. The van der Waals surface area contributed by atoms with Gasteiger partial charge in [-0.05, 0) is 83.7 Å². The zero-order valence-corrected chi connectivity index (χ0v) is 37.1. The van der Waals surface area contributed by atoms with E-state index in [0.717, 1.165) is 45.6 Å². The number of hydrogen-bond donors (Lipinski definition) is 1. The number of nitrogens with zero attached hydrogens (tertiary/aromatic N) is 2. The van der Waals surface area contributed by atoms with Gasteiger partial charge in [-0.1, -0.05) is 48.6 Å². The van der Waals surface area contributed by atoms with Gasteiger partial charge in [0.15, 0.2) is 5.71 Å². The molecule has 0 saturated carbocycles. The monoisotopic (exact) mass is 822 g/mol. The van der Waals surface area contributed by atoms with Gasteiger partial charge >= 0.3 is 35.5 Å². The van der Waals surface area contributed by atoms with E-state index >= 15 is 0 Å². The third-order valence-electron chi connectivity index (χ3n) is 11.0. The summed E-state index contributed by atoms with van der Waals surface area (Å²) < 4.78 is 80.0. The van der Waals surface area contributed by atoms with Crippen LogP contribution in [-0.2, 0) is 30.4 Å². The predicted molar refractivity (Wildman–Crippen MR) is 216 cm³/mol. The third-order valence-corrected chi connectivity index (χ3v) is 12.7. The van der Waals surface area contributed by atoms with E-state index in [1.54, 1.807) is 0 Å². The molecule has 0 radical (unpaired) electrons. The molecule has 3 aromatic rings.